The normalized spacial score (nSPS) is 15.6. The van der Waals surface area contributed by atoms with Gasteiger partial charge < -0.3 is 10.6 Å². The smallest absolute Gasteiger partial charge is 0.267 e. The molecule has 1 aliphatic heterocycles. The number of primary amides is 1. The summed E-state index contributed by atoms with van der Waals surface area (Å²) in [6.07, 6.45) is 4.71. The first-order chi connectivity index (χ1) is 8.18. The Kier molecular flexibility index (Phi) is 3.37. The molecule has 2 amide bonds. The molecular weight excluding hydrogens is 218 g/mol. The third kappa shape index (κ3) is 2.61. The average Bonchev–Trinajstić information content (AvgIpc) is 2.39. The lowest BCUT2D eigenvalue weighted by atomic mass is 10.1. The molecule has 1 fully saturated rings. The first kappa shape index (κ1) is 11.6. The zero-order chi connectivity index (χ0) is 12.3. The van der Waals surface area contributed by atoms with Gasteiger partial charge in [-0.2, -0.15) is 0 Å². The second-order valence-electron chi connectivity index (χ2n) is 4.15. The lowest BCUT2D eigenvalue weighted by molar-refractivity contribution is 0.0723. The summed E-state index contributed by atoms with van der Waals surface area (Å²) < 4.78 is 0. The van der Waals surface area contributed by atoms with Gasteiger partial charge in [-0.05, 0) is 31.4 Å². The quantitative estimate of drug-likeness (QED) is 0.821. The maximum absolute atomic E-state index is 12.1. The van der Waals surface area contributed by atoms with E-state index in [-0.39, 0.29) is 11.6 Å². The van der Waals surface area contributed by atoms with Crippen LogP contribution < -0.4 is 5.73 Å². The number of aromatic nitrogens is 1. The molecule has 0 bridgehead atoms. The molecular formula is C12H15N3O2. The van der Waals surface area contributed by atoms with Crippen molar-refractivity contribution >= 4 is 11.8 Å². The van der Waals surface area contributed by atoms with Crippen molar-refractivity contribution < 1.29 is 9.59 Å². The number of likely N-dealkylation sites (tertiary alicyclic amines) is 1. The summed E-state index contributed by atoms with van der Waals surface area (Å²) in [4.78, 5) is 28.6. The Morgan fingerprint density at radius 2 is 1.88 bits per heavy atom. The zero-order valence-electron chi connectivity index (χ0n) is 9.56. The highest BCUT2D eigenvalue weighted by molar-refractivity contribution is 5.95. The second-order valence-corrected chi connectivity index (χ2v) is 4.15. The van der Waals surface area contributed by atoms with Crippen molar-refractivity contribution in [1.82, 2.24) is 9.88 Å². The van der Waals surface area contributed by atoms with Gasteiger partial charge in [0.1, 0.15) is 5.69 Å². The van der Waals surface area contributed by atoms with E-state index in [2.05, 4.69) is 4.98 Å². The lowest BCUT2D eigenvalue weighted by Crippen LogP contribution is -2.35. The molecule has 1 aromatic rings. The van der Waals surface area contributed by atoms with Crippen molar-refractivity contribution in [2.45, 2.75) is 19.3 Å². The molecule has 5 nitrogen and oxygen atoms in total. The summed E-state index contributed by atoms with van der Waals surface area (Å²) in [5.74, 6) is -0.602. The Morgan fingerprint density at radius 3 is 2.41 bits per heavy atom. The summed E-state index contributed by atoms with van der Waals surface area (Å²) in [5, 5.41) is 0. The summed E-state index contributed by atoms with van der Waals surface area (Å²) >= 11 is 0. The fourth-order valence-electron chi connectivity index (χ4n) is 1.95. The highest BCUT2D eigenvalue weighted by atomic mass is 16.2. The van der Waals surface area contributed by atoms with Gasteiger partial charge in [-0.15, -0.1) is 0 Å². The van der Waals surface area contributed by atoms with Crippen molar-refractivity contribution in [3.8, 4) is 0 Å². The molecule has 2 rings (SSSR count). The molecule has 17 heavy (non-hydrogen) atoms. The fraction of sp³-hybridized carbons (Fsp3) is 0.417. The topological polar surface area (TPSA) is 76.3 Å². The summed E-state index contributed by atoms with van der Waals surface area (Å²) in [7, 11) is 0. The molecule has 0 atom stereocenters. The Bertz CT molecular complexity index is 422. The number of carbonyl (C=O) groups excluding carboxylic acids is 2. The highest BCUT2D eigenvalue weighted by Crippen LogP contribution is 2.12. The van der Waals surface area contributed by atoms with E-state index in [1.165, 1.54) is 18.7 Å². The van der Waals surface area contributed by atoms with Crippen molar-refractivity contribution in [3.63, 3.8) is 0 Å². The number of nitrogens with zero attached hydrogens (tertiary/aromatic N) is 2. The predicted octanol–water partition coefficient (Wildman–Crippen LogP) is 0.807. The van der Waals surface area contributed by atoms with E-state index in [1.807, 2.05) is 4.90 Å². The van der Waals surface area contributed by atoms with E-state index in [1.54, 1.807) is 6.07 Å². The van der Waals surface area contributed by atoms with Gasteiger partial charge in [-0.25, -0.2) is 0 Å². The van der Waals surface area contributed by atoms with Gasteiger partial charge in [0.25, 0.3) is 11.8 Å². The summed E-state index contributed by atoms with van der Waals surface area (Å²) in [6.45, 7) is 1.60. The first-order valence-electron chi connectivity index (χ1n) is 5.73. The van der Waals surface area contributed by atoms with Crippen molar-refractivity contribution in [1.29, 1.82) is 0 Å². The molecule has 0 radical (unpaired) electrons. The summed E-state index contributed by atoms with van der Waals surface area (Å²) in [5.41, 5.74) is 5.78. The van der Waals surface area contributed by atoms with Crippen LogP contribution in [0, 0.1) is 0 Å². The van der Waals surface area contributed by atoms with Gasteiger partial charge in [0.05, 0.1) is 5.56 Å². The van der Waals surface area contributed by atoms with Crippen LogP contribution in [0.4, 0.5) is 0 Å². The number of amides is 2. The molecule has 1 aromatic heterocycles. The molecule has 90 valence electrons. The number of hydrogen-bond donors (Lipinski definition) is 1. The van der Waals surface area contributed by atoms with Crippen molar-refractivity contribution in [2.24, 2.45) is 5.73 Å². The maximum atomic E-state index is 12.1. The Balaban J connectivity index is 2.10. The van der Waals surface area contributed by atoms with Crippen LogP contribution in [-0.4, -0.2) is 34.8 Å². The molecule has 0 aliphatic carbocycles. The van der Waals surface area contributed by atoms with Crippen LogP contribution in [0.1, 0.15) is 40.1 Å². The van der Waals surface area contributed by atoms with Crippen LogP contribution in [0.2, 0.25) is 0 Å². The molecule has 2 heterocycles. The third-order valence-corrected chi connectivity index (χ3v) is 2.91. The van der Waals surface area contributed by atoms with Crippen LogP contribution >= 0.6 is 0 Å². The Morgan fingerprint density at radius 1 is 1.18 bits per heavy atom. The second kappa shape index (κ2) is 4.95. The van der Waals surface area contributed by atoms with Crippen LogP contribution in [0.15, 0.2) is 18.3 Å². The van der Waals surface area contributed by atoms with E-state index in [0.717, 1.165) is 25.9 Å². The maximum Gasteiger partial charge on any atom is 0.267 e. The van der Waals surface area contributed by atoms with Gasteiger partial charge in [0, 0.05) is 19.3 Å². The third-order valence-electron chi connectivity index (χ3n) is 2.91. The molecule has 0 aromatic carbocycles. The van der Waals surface area contributed by atoms with Gasteiger partial charge >= 0.3 is 0 Å². The van der Waals surface area contributed by atoms with Crippen LogP contribution in [0.5, 0.6) is 0 Å². The Hall–Kier alpha value is -1.91. The monoisotopic (exact) mass is 233 g/mol. The minimum Gasteiger partial charge on any atom is -0.364 e. The van der Waals surface area contributed by atoms with E-state index < -0.39 is 5.91 Å². The van der Waals surface area contributed by atoms with Gasteiger partial charge in [-0.1, -0.05) is 0 Å². The van der Waals surface area contributed by atoms with E-state index in [0.29, 0.717) is 5.56 Å². The minimum atomic E-state index is -0.582. The van der Waals surface area contributed by atoms with Crippen LogP contribution in [0.3, 0.4) is 0 Å². The van der Waals surface area contributed by atoms with E-state index in [4.69, 9.17) is 5.73 Å². The van der Waals surface area contributed by atoms with Crippen LogP contribution in [-0.2, 0) is 0 Å². The number of hydrogen-bond acceptors (Lipinski definition) is 3. The van der Waals surface area contributed by atoms with Crippen LogP contribution in [0.25, 0.3) is 0 Å². The largest absolute Gasteiger partial charge is 0.364 e. The number of piperidine rings is 1. The lowest BCUT2D eigenvalue weighted by Gasteiger charge is -2.26. The molecule has 1 saturated heterocycles. The first-order valence-corrected chi connectivity index (χ1v) is 5.73. The SMILES string of the molecule is NC(=O)c1ccc(C(=O)N2CCCCC2)cn1. The fourth-order valence-corrected chi connectivity index (χ4v) is 1.95. The predicted molar refractivity (Wildman–Crippen MR) is 62.5 cm³/mol. The average molecular weight is 233 g/mol. The molecule has 0 spiro atoms. The van der Waals surface area contributed by atoms with Crippen molar-refractivity contribution in [3.05, 3.63) is 29.6 Å². The van der Waals surface area contributed by atoms with Gasteiger partial charge in [0.15, 0.2) is 0 Å². The molecule has 2 N–H and O–H groups in total. The molecule has 0 unspecified atom stereocenters. The van der Waals surface area contributed by atoms with Gasteiger partial charge in [-0.3, -0.25) is 14.6 Å². The number of pyridine rings is 1. The molecule has 5 heteroatoms. The van der Waals surface area contributed by atoms with Gasteiger partial charge in [0.2, 0.25) is 0 Å². The van der Waals surface area contributed by atoms with Crippen molar-refractivity contribution in [2.75, 3.05) is 13.1 Å². The molecule has 1 aliphatic rings. The zero-order valence-corrected chi connectivity index (χ0v) is 9.56. The Labute approximate surface area is 99.6 Å². The molecule has 0 saturated carbocycles. The number of nitrogens with two attached hydrogens (primary N) is 1. The summed E-state index contributed by atoms with van der Waals surface area (Å²) in [6, 6.07) is 3.09. The number of carbonyl (C=O) groups is 2. The highest BCUT2D eigenvalue weighted by Gasteiger charge is 2.18. The minimum absolute atomic E-state index is 0.0202. The van der Waals surface area contributed by atoms with E-state index >= 15 is 0 Å². The van der Waals surface area contributed by atoms with E-state index in [9.17, 15) is 9.59 Å². The number of rotatable bonds is 2. The standard InChI is InChI=1S/C12H15N3O2/c13-11(16)10-5-4-9(8-14-10)12(17)15-6-2-1-3-7-15/h4-5,8H,1-3,6-7H2,(H2,13,16).